The largest absolute Gasteiger partial charge is 0.456 e. The van der Waals surface area contributed by atoms with Gasteiger partial charge in [-0.15, -0.1) is 0 Å². The Morgan fingerprint density at radius 1 is 0.348 bits per heavy atom. The van der Waals surface area contributed by atoms with E-state index in [1.165, 1.54) is 92.9 Å². The molecule has 0 unspecified atom stereocenters. The number of benzene rings is 10. The van der Waals surface area contributed by atoms with Crippen LogP contribution in [0.15, 0.2) is 235 Å². The summed E-state index contributed by atoms with van der Waals surface area (Å²) < 4.78 is 6.47. The third-order valence-electron chi connectivity index (χ3n) is 13.9. The Hall–Kier alpha value is -7.94. The van der Waals surface area contributed by atoms with Crippen LogP contribution in [0.5, 0.6) is 0 Å². The zero-order chi connectivity index (χ0) is 43.8. The molecule has 0 radical (unpaired) electrons. The number of furan rings is 1. The molecule has 1 heterocycles. The van der Waals surface area contributed by atoms with Crippen LogP contribution in [0.2, 0.25) is 0 Å². The fourth-order valence-electron chi connectivity index (χ4n) is 10.7. The van der Waals surface area contributed by atoms with Gasteiger partial charge in [0.05, 0.1) is 11.4 Å². The second-order valence-electron chi connectivity index (χ2n) is 17.8. The van der Waals surface area contributed by atoms with Gasteiger partial charge in [-0.2, -0.15) is 0 Å². The SMILES string of the molecule is c1ccc(-c2ccc(-c3ccc(N(c4ccccc4-c4ccc5c(c4)oc4ccccc45)c4ccccc4-c4cccc5cccc(C6CCCCC6)c45)cc3)cc2-c2ccccc2)cc1. The molecule has 316 valence electrons. The van der Waals surface area contributed by atoms with Gasteiger partial charge < -0.3 is 9.32 Å². The summed E-state index contributed by atoms with van der Waals surface area (Å²) in [6, 6.07) is 84.3. The van der Waals surface area contributed by atoms with Gasteiger partial charge in [0.2, 0.25) is 0 Å². The second-order valence-corrected chi connectivity index (χ2v) is 17.8. The Morgan fingerprint density at radius 2 is 0.939 bits per heavy atom. The van der Waals surface area contributed by atoms with Gasteiger partial charge in [0.1, 0.15) is 11.2 Å². The van der Waals surface area contributed by atoms with Gasteiger partial charge in [0, 0.05) is 27.6 Å². The summed E-state index contributed by atoms with van der Waals surface area (Å²) in [6.07, 6.45) is 6.42. The summed E-state index contributed by atoms with van der Waals surface area (Å²) in [7, 11) is 0. The van der Waals surface area contributed by atoms with Gasteiger partial charge in [0.15, 0.2) is 0 Å². The minimum absolute atomic E-state index is 0.567. The first kappa shape index (κ1) is 39.6. The molecule has 1 aliphatic carbocycles. The lowest BCUT2D eigenvalue weighted by molar-refractivity contribution is 0.445. The van der Waals surface area contributed by atoms with Crippen LogP contribution >= 0.6 is 0 Å². The standard InChI is InChI=1S/C64H49NO/c1-4-18-45(19-5-1)52-40-36-49(42-59(52)47-22-8-3-9-23-47)44-34-38-51(39-35-44)65(60-31-13-10-26-53(60)50-37-41-57-56-28-12-15-33-62(56)66-63(57)43-50)61-32-14-11-27-55(61)58-30-17-25-48-24-16-29-54(64(48)58)46-20-6-2-7-21-46/h1,3-5,8-19,22-43,46H,2,6-7,20-21H2. The number of anilines is 3. The number of nitrogens with zero attached hydrogens (tertiary/aromatic N) is 1. The lowest BCUT2D eigenvalue weighted by Gasteiger charge is -2.31. The normalized spacial score (nSPS) is 13.1. The highest BCUT2D eigenvalue weighted by atomic mass is 16.3. The van der Waals surface area contributed by atoms with Crippen LogP contribution < -0.4 is 4.90 Å². The molecule has 1 aromatic heterocycles. The Labute approximate surface area is 387 Å². The number of fused-ring (bicyclic) bond motifs is 4. The Balaban J connectivity index is 1.03. The number of para-hydroxylation sites is 3. The van der Waals surface area contributed by atoms with E-state index in [0.29, 0.717) is 5.92 Å². The molecule has 66 heavy (non-hydrogen) atoms. The summed E-state index contributed by atoms with van der Waals surface area (Å²) >= 11 is 0. The van der Waals surface area contributed by atoms with Crippen molar-refractivity contribution < 1.29 is 4.42 Å². The highest BCUT2D eigenvalue weighted by Crippen LogP contribution is 2.48. The van der Waals surface area contributed by atoms with E-state index >= 15 is 0 Å². The zero-order valence-electron chi connectivity index (χ0n) is 36.9. The van der Waals surface area contributed by atoms with Gasteiger partial charge in [-0.3, -0.25) is 0 Å². The van der Waals surface area contributed by atoms with Crippen LogP contribution in [0, 0.1) is 0 Å². The predicted molar refractivity (Wildman–Crippen MR) is 279 cm³/mol. The first-order chi connectivity index (χ1) is 32.7. The molecule has 0 amide bonds. The molecule has 0 spiro atoms. The third-order valence-corrected chi connectivity index (χ3v) is 13.9. The molecular formula is C64H49NO. The topological polar surface area (TPSA) is 16.4 Å². The molecule has 1 fully saturated rings. The molecule has 1 saturated carbocycles. The number of hydrogen-bond acceptors (Lipinski definition) is 2. The fraction of sp³-hybridized carbons (Fsp3) is 0.0938. The van der Waals surface area contributed by atoms with Crippen LogP contribution in [-0.2, 0) is 0 Å². The predicted octanol–water partition coefficient (Wildman–Crippen LogP) is 18.6. The third kappa shape index (κ3) is 7.25. The van der Waals surface area contributed by atoms with Crippen molar-refractivity contribution in [3.63, 3.8) is 0 Å². The average Bonchev–Trinajstić information content (AvgIpc) is 3.77. The Morgan fingerprint density at radius 3 is 1.71 bits per heavy atom. The highest BCUT2D eigenvalue weighted by Gasteiger charge is 2.24. The molecular weight excluding hydrogens is 799 g/mol. The van der Waals surface area contributed by atoms with Crippen molar-refractivity contribution >= 4 is 49.8 Å². The van der Waals surface area contributed by atoms with E-state index in [1.807, 2.05) is 6.07 Å². The molecule has 1 aliphatic rings. The van der Waals surface area contributed by atoms with Crippen LogP contribution in [0.3, 0.4) is 0 Å². The van der Waals surface area contributed by atoms with Crippen molar-refractivity contribution in [2.75, 3.05) is 4.90 Å². The average molecular weight is 848 g/mol. The summed E-state index contributed by atoms with van der Waals surface area (Å²) in [5.41, 5.74) is 18.5. The van der Waals surface area contributed by atoms with E-state index in [2.05, 4.69) is 229 Å². The van der Waals surface area contributed by atoms with E-state index in [4.69, 9.17) is 4.42 Å². The molecule has 10 aromatic carbocycles. The lowest BCUT2D eigenvalue weighted by Crippen LogP contribution is -2.12. The van der Waals surface area contributed by atoms with Crippen molar-refractivity contribution in [3.8, 4) is 55.6 Å². The first-order valence-corrected chi connectivity index (χ1v) is 23.5. The van der Waals surface area contributed by atoms with Crippen LogP contribution in [-0.4, -0.2) is 0 Å². The Kier molecular flexibility index (Phi) is 10.3. The molecule has 0 saturated heterocycles. The molecule has 2 nitrogen and oxygen atoms in total. The molecule has 11 aromatic rings. The van der Waals surface area contributed by atoms with E-state index in [-0.39, 0.29) is 0 Å². The molecule has 0 bridgehead atoms. The number of rotatable bonds is 9. The van der Waals surface area contributed by atoms with Gasteiger partial charge >= 0.3 is 0 Å². The number of hydrogen-bond donors (Lipinski definition) is 0. The maximum atomic E-state index is 6.47. The minimum atomic E-state index is 0.567. The van der Waals surface area contributed by atoms with Crippen molar-refractivity contribution in [1.29, 1.82) is 0 Å². The fourth-order valence-corrected chi connectivity index (χ4v) is 10.7. The quantitative estimate of drug-likeness (QED) is 0.144. The van der Waals surface area contributed by atoms with Crippen molar-refractivity contribution in [2.45, 2.75) is 38.0 Å². The van der Waals surface area contributed by atoms with Crippen molar-refractivity contribution in [2.24, 2.45) is 0 Å². The monoisotopic (exact) mass is 847 g/mol. The summed E-state index contributed by atoms with van der Waals surface area (Å²) in [4.78, 5) is 2.48. The maximum Gasteiger partial charge on any atom is 0.136 e. The van der Waals surface area contributed by atoms with E-state index in [0.717, 1.165) is 50.1 Å². The van der Waals surface area contributed by atoms with Crippen molar-refractivity contribution in [1.82, 2.24) is 0 Å². The summed E-state index contributed by atoms with van der Waals surface area (Å²) in [6.45, 7) is 0. The first-order valence-electron chi connectivity index (χ1n) is 23.5. The van der Waals surface area contributed by atoms with Gasteiger partial charge in [-0.05, 0) is 128 Å². The molecule has 0 aliphatic heterocycles. The van der Waals surface area contributed by atoms with Crippen molar-refractivity contribution in [3.05, 3.63) is 236 Å². The van der Waals surface area contributed by atoms with Crippen LogP contribution in [0.1, 0.15) is 43.6 Å². The van der Waals surface area contributed by atoms with Gasteiger partial charge in [0.25, 0.3) is 0 Å². The van der Waals surface area contributed by atoms with E-state index in [1.54, 1.807) is 0 Å². The van der Waals surface area contributed by atoms with E-state index < -0.39 is 0 Å². The van der Waals surface area contributed by atoms with Gasteiger partial charge in [-0.1, -0.05) is 201 Å². The van der Waals surface area contributed by atoms with Gasteiger partial charge in [-0.25, -0.2) is 0 Å². The van der Waals surface area contributed by atoms with E-state index in [9.17, 15) is 0 Å². The second kappa shape index (κ2) is 17.2. The zero-order valence-corrected chi connectivity index (χ0v) is 36.9. The lowest BCUT2D eigenvalue weighted by atomic mass is 9.80. The maximum absolute atomic E-state index is 6.47. The minimum Gasteiger partial charge on any atom is -0.456 e. The molecule has 0 atom stereocenters. The highest BCUT2D eigenvalue weighted by molar-refractivity contribution is 6.07. The molecule has 12 rings (SSSR count). The Bertz CT molecular complexity index is 3500. The molecule has 2 heteroatoms. The van der Waals surface area contributed by atoms with Crippen LogP contribution in [0.25, 0.3) is 88.3 Å². The summed E-state index contributed by atoms with van der Waals surface area (Å²) in [5, 5.41) is 4.94. The molecule has 0 N–H and O–H groups in total. The smallest absolute Gasteiger partial charge is 0.136 e. The van der Waals surface area contributed by atoms with Crippen LogP contribution in [0.4, 0.5) is 17.1 Å². The summed E-state index contributed by atoms with van der Waals surface area (Å²) in [5.74, 6) is 0.567.